The van der Waals surface area contributed by atoms with E-state index in [2.05, 4.69) is 15.1 Å². The van der Waals surface area contributed by atoms with E-state index in [1.807, 2.05) is 31.3 Å². The normalized spacial score (nSPS) is 20.1. The Morgan fingerprint density at radius 2 is 2.08 bits per heavy atom. The molecule has 0 spiro atoms. The first-order valence-electron chi connectivity index (χ1n) is 8.68. The Bertz CT molecular complexity index is 559. The van der Waals surface area contributed by atoms with Gasteiger partial charge in [-0.2, -0.15) is 0 Å². The molecular formula is C18H26ClN3O2. The van der Waals surface area contributed by atoms with Crippen LogP contribution in [0.4, 0.5) is 0 Å². The molecule has 132 valence electrons. The van der Waals surface area contributed by atoms with Crippen molar-refractivity contribution in [2.24, 2.45) is 0 Å². The minimum atomic E-state index is 0.0784. The lowest BCUT2D eigenvalue weighted by atomic mass is 10.0. The number of morpholine rings is 1. The first-order valence-corrected chi connectivity index (χ1v) is 9.06. The molecule has 2 fully saturated rings. The van der Waals surface area contributed by atoms with Gasteiger partial charge in [-0.1, -0.05) is 29.8 Å². The lowest BCUT2D eigenvalue weighted by Gasteiger charge is -2.35. The summed E-state index contributed by atoms with van der Waals surface area (Å²) in [6.07, 6.45) is 2.42. The summed E-state index contributed by atoms with van der Waals surface area (Å²) in [5, 5.41) is 3.85. The number of rotatable bonds is 7. The van der Waals surface area contributed by atoms with Gasteiger partial charge in [0.2, 0.25) is 5.91 Å². The highest BCUT2D eigenvalue weighted by Gasteiger charge is 2.28. The van der Waals surface area contributed by atoms with Crippen LogP contribution >= 0.6 is 11.6 Å². The fraction of sp³-hybridized carbons (Fsp3) is 0.611. The molecule has 1 saturated heterocycles. The van der Waals surface area contributed by atoms with Gasteiger partial charge in [0.1, 0.15) is 0 Å². The first-order chi connectivity index (χ1) is 11.6. The number of hydrogen-bond acceptors (Lipinski definition) is 4. The van der Waals surface area contributed by atoms with Crippen molar-refractivity contribution in [3.8, 4) is 0 Å². The first kappa shape index (κ1) is 17.7. The molecule has 0 aromatic heterocycles. The largest absolute Gasteiger partial charge is 0.379 e. The van der Waals surface area contributed by atoms with Gasteiger partial charge in [-0.15, -0.1) is 0 Å². The number of carbonyl (C=O) groups is 1. The maximum absolute atomic E-state index is 12.3. The molecule has 1 aromatic carbocycles. The lowest BCUT2D eigenvalue weighted by Crippen LogP contribution is -2.45. The summed E-state index contributed by atoms with van der Waals surface area (Å²) in [6, 6.07) is 8.56. The highest BCUT2D eigenvalue weighted by Crippen LogP contribution is 2.28. The van der Waals surface area contributed by atoms with Gasteiger partial charge in [0, 0.05) is 30.7 Å². The molecule has 1 unspecified atom stereocenters. The molecule has 1 aliphatic heterocycles. The van der Waals surface area contributed by atoms with Gasteiger partial charge in [0.05, 0.1) is 25.8 Å². The fourth-order valence-electron chi connectivity index (χ4n) is 3.21. The Morgan fingerprint density at radius 3 is 2.75 bits per heavy atom. The van der Waals surface area contributed by atoms with E-state index < -0.39 is 0 Å². The second-order valence-electron chi connectivity index (χ2n) is 6.64. The monoisotopic (exact) mass is 351 g/mol. The fourth-order valence-corrected chi connectivity index (χ4v) is 3.47. The summed E-state index contributed by atoms with van der Waals surface area (Å²) in [7, 11) is 2.02. The van der Waals surface area contributed by atoms with E-state index in [0.29, 0.717) is 19.1 Å². The minimum Gasteiger partial charge on any atom is -0.379 e. The smallest absolute Gasteiger partial charge is 0.234 e. The van der Waals surface area contributed by atoms with Gasteiger partial charge >= 0.3 is 0 Å². The predicted octanol–water partition coefficient (Wildman–Crippen LogP) is 1.92. The van der Waals surface area contributed by atoms with Crippen LogP contribution in [0.3, 0.4) is 0 Å². The Balaban J connectivity index is 1.63. The Kier molecular flexibility index (Phi) is 6.11. The molecule has 1 amide bonds. The molecule has 1 heterocycles. The van der Waals surface area contributed by atoms with Crippen LogP contribution in [0.25, 0.3) is 0 Å². The molecule has 2 aliphatic rings. The number of nitrogens with one attached hydrogen (secondary N) is 1. The minimum absolute atomic E-state index is 0.0784. The van der Waals surface area contributed by atoms with Crippen molar-refractivity contribution < 1.29 is 9.53 Å². The number of carbonyl (C=O) groups excluding carboxylic acids is 1. The molecule has 3 rings (SSSR count). The number of nitrogens with zero attached hydrogens (tertiary/aromatic N) is 2. The highest BCUT2D eigenvalue weighted by atomic mass is 35.5. The van der Waals surface area contributed by atoms with Crippen LogP contribution in [-0.4, -0.2) is 68.2 Å². The Labute approximate surface area is 148 Å². The van der Waals surface area contributed by atoms with Crippen LogP contribution in [-0.2, 0) is 9.53 Å². The summed E-state index contributed by atoms with van der Waals surface area (Å²) < 4.78 is 5.46. The highest BCUT2D eigenvalue weighted by molar-refractivity contribution is 6.31. The average molecular weight is 352 g/mol. The third-order valence-corrected chi connectivity index (χ3v) is 5.15. The number of halogens is 1. The van der Waals surface area contributed by atoms with Crippen molar-refractivity contribution in [2.45, 2.75) is 24.9 Å². The zero-order chi connectivity index (χ0) is 16.9. The molecule has 1 N–H and O–H groups in total. The van der Waals surface area contributed by atoms with Gasteiger partial charge in [0.25, 0.3) is 0 Å². The number of ether oxygens (including phenoxy) is 1. The van der Waals surface area contributed by atoms with Gasteiger partial charge in [-0.25, -0.2) is 0 Å². The number of hydrogen-bond donors (Lipinski definition) is 1. The van der Waals surface area contributed by atoms with Gasteiger partial charge in [-0.05, 0) is 31.5 Å². The topological polar surface area (TPSA) is 44.8 Å². The van der Waals surface area contributed by atoms with Crippen molar-refractivity contribution in [1.82, 2.24) is 15.1 Å². The van der Waals surface area contributed by atoms with E-state index in [-0.39, 0.29) is 11.9 Å². The van der Waals surface area contributed by atoms with E-state index in [1.165, 1.54) is 12.8 Å². The number of likely N-dealkylation sites (N-methyl/N-ethyl adjacent to an activating group) is 1. The summed E-state index contributed by atoms with van der Waals surface area (Å²) in [5.41, 5.74) is 1.07. The standard InChI is InChI=1S/C18H26ClN3O2/c1-21(14-6-7-14)13-18(23)20-12-17(22-8-10-24-11-9-22)15-4-2-3-5-16(15)19/h2-5,14,17H,6-13H2,1H3,(H,20,23). The molecule has 1 saturated carbocycles. The third kappa shape index (κ3) is 4.70. The molecule has 6 heteroatoms. The summed E-state index contributed by atoms with van der Waals surface area (Å²) in [4.78, 5) is 16.7. The maximum atomic E-state index is 12.3. The number of amides is 1. The molecule has 5 nitrogen and oxygen atoms in total. The molecule has 24 heavy (non-hydrogen) atoms. The van der Waals surface area contributed by atoms with E-state index in [4.69, 9.17) is 16.3 Å². The zero-order valence-corrected chi connectivity index (χ0v) is 15.0. The summed E-state index contributed by atoms with van der Waals surface area (Å²) in [5.74, 6) is 0.0784. The predicted molar refractivity (Wildman–Crippen MR) is 95.2 cm³/mol. The van der Waals surface area contributed by atoms with Crippen molar-refractivity contribution in [3.05, 3.63) is 34.9 Å². The van der Waals surface area contributed by atoms with E-state index in [0.717, 1.165) is 36.9 Å². The lowest BCUT2D eigenvalue weighted by molar-refractivity contribution is -0.122. The molecule has 1 aromatic rings. The van der Waals surface area contributed by atoms with Crippen LogP contribution < -0.4 is 5.32 Å². The molecule has 0 radical (unpaired) electrons. The van der Waals surface area contributed by atoms with Crippen LogP contribution in [0.1, 0.15) is 24.4 Å². The van der Waals surface area contributed by atoms with Gasteiger partial charge in [-0.3, -0.25) is 14.6 Å². The van der Waals surface area contributed by atoms with E-state index in [9.17, 15) is 4.79 Å². The molecule has 1 aliphatic carbocycles. The Morgan fingerprint density at radius 1 is 1.38 bits per heavy atom. The van der Waals surface area contributed by atoms with Crippen LogP contribution in [0.5, 0.6) is 0 Å². The number of benzene rings is 1. The van der Waals surface area contributed by atoms with Gasteiger partial charge in [0.15, 0.2) is 0 Å². The van der Waals surface area contributed by atoms with Crippen LogP contribution in [0, 0.1) is 0 Å². The molecule has 0 bridgehead atoms. The quantitative estimate of drug-likeness (QED) is 0.815. The molecule has 1 atom stereocenters. The second-order valence-corrected chi connectivity index (χ2v) is 7.04. The van der Waals surface area contributed by atoms with Crippen molar-refractivity contribution in [2.75, 3.05) is 46.4 Å². The second kappa shape index (κ2) is 8.30. The third-order valence-electron chi connectivity index (χ3n) is 4.81. The van der Waals surface area contributed by atoms with Crippen LogP contribution in [0.2, 0.25) is 5.02 Å². The Hall–Kier alpha value is -1.14. The SMILES string of the molecule is CN(CC(=O)NCC(c1ccccc1Cl)N1CCOCC1)C1CC1. The summed E-state index contributed by atoms with van der Waals surface area (Å²) in [6.45, 7) is 4.18. The zero-order valence-electron chi connectivity index (χ0n) is 14.2. The van der Waals surface area contributed by atoms with Crippen molar-refractivity contribution in [1.29, 1.82) is 0 Å². The van der Waals surface area contributed by atoms with Crippen molar-refractivity contribution in [3.63, 3.8) is 0 Å². The summed E-state index contributed by atoms with van der Waals surface area (Å²) >= 11 is 6.41. The van der Waals surface area contributed by atoms with Crippen molar-refractivity contribution >= 4 is 17.5 Å². The maximum Gasteiger partial charge on any atom is 0.234 e. The van der Waals surface area contributed by atoms with Crippen LogP contribution in [0.15, 0.2) is 24.3 Å². The van der Waals surface area contributed by atoms with E-state index in [1.54, 1.807) is 0 Å². The van der Waals surface area contributed by atoms with E-state index >= 15 is 0 Å². The van der Waals surface area contributed by atoms with Gasteiger partial charge < -0.3 is 10.1 Å². The average Bonchev–Trinajstić information content (AvgIpc) is 3.42. The molecular weight excluding hydrogens is 326 g/mol.